The second kappa shape index (κ2) is 21.0. The number of fused-ring (bicyclic) bond motifs is 6. The summed E-state index contributed by atoms with van der Waals surface area (Å²) in [5.41, 5.74) is -9.50. The number of halogens is 12. The van der Waals surface area contributed by atoms with Crippen molar-refractivity contribution in [2.24, 2.45) is 101 Å². The van der Waals surface area contributed by atoms with Crippen LogP contribution in [0.3, 0.4) is 0 Å². The average Bonchev–Trinajstić information content (AvgIpc) is 4.17. The third-order valence-corrected chi connectivity index (χ3v) is 18.8. The molecule has 24 heteroatoms. The molecule has 20 unspecified atom stereocenters. The zero-order valence-electron chi connectivity index (χ0n) is 41.4. The molecule has 5 saturated carbocycles. The van der Waals surface area contributed by atoms with Crippen molar-refractivity contribution in [1.82, 2.24) is 0 Å². The molecule has 0 radical (unpaired) electrons. The number of allylic oxidation sites excluding steroid dienone is 3. The lowest BCUT2D eigenvalue weighted by Gasteiger charge is -2.41. The number of hydrogen-bond donors (Lipinski definition) is 2. The second-order valence-corrected chi connectivity index (χ2v) is 22.9. The lowest BCUT2D eigenvalue weighted by atomic mass is 9.65. The Morgan fingerprint density at radius 3 is 1.38 bits per heavy atom. The summed E-state index contributed by atoms with van der Waals surface area (Å²) in [5, 5.41) is 19.0. The summed E-state index contributed by atoms with van der Waals surface area (Å²) in [6.45, 7) is 13.4. The molecule has 0 aromatic carbocycles. The van der Waals surface area contributed by atoms with E-state index in [4.69, 9.17) is 19.1 Å². The van der Waals surface area contributed by atoms with Crippen LogP contribution in [0.1, 0.15) is 99.3 Å². The van der Waals surface area contributed by atoms with Gasteiger partial charge in [-0.3, -0.25) is 14.4 Å². The van der Waals surface area contributed by atoms with Crippen LogP contribution in [0.15, 0.2) is 36.6 Å². The van der Waals surface area contributed by atoms with Gasteiger partial charge in [-0.15, -0.1) is 0 Å². The Balaban J connectivity index is 0.000000171. The van der Waals surface area contributed by atoms with Crippen molar-refractivity contribution in [3.63, 3.8) is 0 Å². The van der Waals surface area contributed by atoms with Gasteiger partial charge in [0.1, 0.15) is 5.76 Å². The molecule has 6 aliphatic carbocycles. The number of hydrogen-bond acceptors (Lipinski definition) is 11. The van der Waals surface area contributed by atoms with Gasteiger partial charge in [0, 0.05) is 27.5 Å². The summed E-state index contributed by atoms with van der Waals surface area (Å²) >= 11 is 0. The van der Waals surface area contributed by atoms with Gasteiger partial charge >= 0.3 is 54.6 Å². The quantitative estimate of drug-likeness (QED) is 0.0564. The van der Waals surface area contributed by atoms with E-state index in [-0.39, 0.29) is 102 Å². The van der Waals surface area contributed by atoms with Crippen LogP contribution >= 0.6 is 9.47 Å². The second-order valence-electron chi connectivity index (χ2n) is 22.6. The summed E-state index contributed by atoms with van der Waals surface area (Å²) in [4.78, 5) is 56.0. The highest BCUT2D eigenvalue weighted by molar-refractivity contribution is 7.09. The molecular formula is C50H63F12O11P. The van der Waals surface area contributed by atoms with Gasteiger partial charge in [0.15, 0.2) is 11.2 Å². The fraction of sp³-hybridized carbons (Fsp3) is 0.780. The highest BCUT2D eigenvalue weighted by Crippen LogP contribution is 2.63. The van der Waals surface area contributed by atoms with Crippen LogP contribution in [0.2, 0.25) is 0 Å². The molecule has 0 aromatic rings. The van der Waals surface area contributed by atoms with Crippen LogP contribution in [0.4, 0.5) is 52.7 Å². The maximum absolute atomic E-state index is 13.4. The van der Waals surface area contributed by atoms with E-state index in [0.717, 1.165) is 38.8 Å². The number of cyclic esters (lactones) is 5. The maximum atomic E-state index is 13.4. The predicted molar refractivity (Wildman–Crippen MR) is 238 cm³/mol. The molecule has 418 valence electrons. The number of aliphatic hydroxyl groups is 2. The standard InChI is InChI=1S/C18H25F3O3.C17H24F3O4P.C11H12F6O.C4H2O3/c1-8-10(3)24-16(22)15(8)14-9(2)11-5-12(13(14)6-11)7-17(4,23)18(19,20)21;1-7-9-4-10(6-16(3,24-25)17(18,19)20)11(5-9)12(7)13-8(2)14(21)23-15(13)22;12-10(13,14)9(18,11(15,16)17)5-8-4-6-1-2-7(8)3-6;5-3-1-2-4(6)7-3/h8-9,11-15,23H,3,5-7H2,1-2,4H3;7-13H,4-6,25H2,1-3H3;1-2,6-8,18H,3-5H2;1-2H. The van der Waals surface area contributed by atoms with Gasteiger partial charge in [-0.1, -0.05) is 46.4 Å². The molecule has 2 saturated heterocycles. The van der Waals surface area contributed by atoms with Gasteiger partial charge in [-0.2, -0.15) is 52.7 Å². The van der Waals surface area contributed by atoms with Crippen LogP contribution in [0.25, 0.3) is 0 Å². The molecule has 74 heavy (non-hydrogen) atoms. The third-order valence-electron chi connectivity index (χ3n) is 18.3. The van der Waals surface area contributed by atoms with Gasteiger partial charge in [-0.05, 0) is 149 Å². The first-order chi connectivity index (χ1) is 33.8. The molecule has 9 aliphatic rings. The Morgan fingerprint density at radius 1 is 0.581 bits per heavy atom. The minimum Gasteiger partial charge on any atom is -0.431 e. The molecule has 11 nitrogen and oxygen atoms in total. The first-order valence-corrected chi connectivity index (χ1v) is 25.1. The maximum Gasteiger partial charge on any atom is 0.426 e. The minimum atomic E-state index is -5.70. The molecular weight excluding hydrogens is 1040 g/mol. The smallest absolute Gasteiger partial charge is 0.426 e. The molecule has 3 heterocycles. The van der Waals surface area contributed by atoms with E-state index in [0.29, 0.717) is 30.9 Å². The number of rotatable bonds is 9. The average molecular weight is 1100 g/mol. The monoisotopic (exact) mass is 1100 g/mol. The van der Waals surface area contributed by atoms with Crippen molar-refractivity contribution in [2.45, 2.75) is 141 Å². The molecule has 7 fully saturated rings. The Kier molecular flexibility index (Phi) is 16.9. The fourth-order valence-corrected chi connectivity index (χ4v) is 14.3. The van der Waals surface area contributed by atoms with E-state index >= 15 is 0 Å². The number of esters is 5. The lowest BCUT2D eigenvalue weighted by Crippen LogP contribution is -2.58. The Bertz CT molecular complexity index is 2190. The largest absolute Gasteiger partial charge is 0.431 e. The van der Waals surface area contributed by atoms with Crippen LogP contribution < -0.4 is 0 Å². The van der Waals surface area contributed by atoms with E-state index in [2.05, 4.69) is 18.2 Å². The molecule has 3 aliphatic heterocycles. The zero-order valence-corrected chi connectivity index (χ0v) is 42.5. The fourth-order valence-electron chi connectivity index (χ4n) is 14.1. The van der Waals surface area contributed by atoms with E-state index in [1.54, 1.807) is 22.5 Å². The lowest BCUT2D eigenvalue weighted by molar-refractivity contribution is -0.373. The SMILES string of the molecule is C=C1OC(=O)C(C2C(C)C3CC(CC(C)(O)C(F)(F)F)C2C3)C1C.CC1C(=O)OC(=O)C1C1C(C)C2CC(CC(C)(OP)C(F)(F)F)C1C2.O=C1C=CC(=O)O1.OC(CC1CC2C=CC1C2)(C(F)(F)F)C(F)(F)F. The number of alkyl halides is 12. The van der Waals surface area contributed by atoms with Crippen LogP contribution in [-0.2, 0) is 42.7 Å². The summed E-state index contributed by atoms with van der Waals surface area (Å²) in [6.07, 6.45) is -12.6. The third kappa shape index (κ3) is 11.5. The Labute approximate surface area is 422 Å². The van der Waals surface area contributed by atoms with E-state index in [1.807, 2.05) is 19.9 Å². The highest BCUT2D eigenvalue weighted by atomic mass is 31.0. The molecule has 20 atom stereocenters. The zero-order chi connectivity index (χ0) is 55.8. The van der Waals surface area contributed by atoms with Crippen LogP contribution in [0.5, 0.6) is 0 Å². The number of carbonyl (C=O) groups excluding carboxylic acids is 5. The van der Waals surface area contributed by atoms with Crippen LogP contribution in [-0.4, -0.2) is 81.6 Å². The van der Waals surface area contributed by atoms with Crippen molar-refractivity contribution in [2.75, 3.05) is 0 Å². The molecule has 0 aromatic heterocycles. The first kappa shape index (κ1) is 59.7. The van der Waals surface area contributed by atoms with Crippen molar-refractivity contribution in [3.8, 4) is 0 Å². The number of ether oxygens (including phenoxy) is 3. The Hall–Kier alpha value is -3.56. The molecule has 0 spiro atoms. The predicted octanol–water partition coefficient (Wildman–Crippen LogP) is 10.7. The van der Waals surface area contributed by atoms with Gasteiger partial charge in [-0.25, -0.2) is 9.59 Å². The van der Waals surface area contributed by atoms with Crippen molar-refractivity contribution >= 4 is 39.3 Å². The molecule has 2 N–H and O–H groups in total. The van der Waals surface area contributed by atoms with Crippen molar-refractivity contribution in [1.29, 1.82) is 0 Å². The first-order valence-electron chi connectivity index (χ1n) is 24.6. The summed E-state index contributed by atoms with van der Waals surface area (Å²) in [5.74, 6) is -3.80. The van der Waals surface area contributed by atoms with E-state index < -0.39 is 89.6 Å². The van der Waals surface area contributed by atoms with Gasteiger partial charge in [0.2, 0.25) is 0 Å². The molecule has 9 rings (SSSR count). The van der Waals surface area contributed by atoms with Crippen LogP contribution in [0, 0.1) is 101 Å². The van der Waals surface area contributed by atoms with E-state index in [9.17, 15) is 81.8 Å². The van der Waals surface area contributed by atoms with Gasteiger partial charge in [0.05, 0.1) is 17.8 Å². The van der Waals surface area contributed by atoms with Gasteiger partial charge in [0.25, 0.3) is 5.60 Å². The number of carbonyl (C=O) groups is 5. The topological polar surface area (TPSA) is 163 Å². The summed E-state index contributed by atoms with van der Waals surface area (Å²) in [6, 6.07) is 0. The molecule has 6 bridgehead atoms. The van der Waals surface area contributed by atoms with E-state index in [1.165, 1.54) is 0 Å². The van der Waals surface area contributed by atoms with Gasteiger partial charge < -0.3 is 28.9 Å². The van der Waals surface area contributed by atoms with Crippen molar-refractivity contribution < 1.29 is 106 Å². The normalized spacial score (nSPS) is 38.7. The minimum absolute atomic E-state index is 0.00674. The highest BCUT2D eigenvalue weighted by Gasteiger charge is 2.71. The molecule has 0 amide bonds. The summed E-state index contributed by atoms with van der Waals surface area (Å²) < 4.78 is 173. The van der Waals surface area contributed by atoms with Crippen molar-refractivity contribution in [3.05, 3.63) is 36.6 Å². The summed E-state index contributed by atoms with van der Waals surface area (Å²) in [7, 11) is 1.74. The Morgan fingerprint density at radius 2 is 1.05 bits per heavy atom.